The Labute approximate surface area is 166 Å². The van der Waals surface area contributed by atoms with Gasteiger partial charge in [-0.3, -0.25) is 9.69 Å². The van der Waals surface area contributed by atoms with Crippen LogP contribution in [0.2, 0.25) is 0 Å². The van der Waals surface area contributed by atoms with E-state index in [-0.39, 0.29) is 24.2 Å². The molecule has 6 heteroatoms. The first-order chi connectivity index (χ1) is 13.4. The summed E-state index contributed by atoms with van der Waals surface area (Å²) in [7, 11) is -3.20. The molecule has 4 rings (SSSR count). The number of benzene rings is 2. The topological polar surface area (TPSA) is 57.7 Å². The van der Waals surface area contributed by atoms with Crippen LogP contribution < -0.4 is 0 Å². The minimum atomic E-state index is -3.20. The lowest BCUT2D eigenvalue weighted by Crippen LogP contribution is -2.63. The van der Waals surface area contributed by atoms with Gasteiger partial charge in [0, 0.05) is 31.7 Å². The summed E-state index contributed by atoms with van der Waals surface area (Å²) in [5, 5.41) is -0.507. The number of sulfone groups is 1. The number of likely N-dealkylation sites (tertiary alicyclic amines) is 1. The smallest absolute Gasteiger partial charge is 0.254 e. The third-order valence-corrected chi connectivity index (χ3v) is 8.00. The SMILES string of the molecule is Cc1cccc(C(=O)N2CCS(=O)(=O)C3CN(Cc4ccccc4)CCC32)c1. The molecular weight excluding hydrogens is 372 g/mol. The van der Waals surface area contributed by atoms with Crippen molar-refractivity contribution < 1.29 is 13.2 Å². The highest BCUT2D eigenvalue weighted by Gasteiger charge is 2.46. The largest absolute Gasteiger partial charge is 0.333 e. The van der Waals surface area contributed by atoms with Gasteiger partial charge in [-0.25, -0.2) is 8.42 Å². The van der Waals surface area contributed by atoms with E-state index in [1.54, 1.807) is 4.90 Å². The van der Waals surface area contributed by atoms with Crippen LogP contribution in [0.15, 0.2) is 54.6 Å². The molecule has 5 nitrogen and oxygen atoms in total. The Balaban J connectivity index is 1.54. The second-order valence-electron chi connectivity index (χ2n) is 7.85. The summed E-state index contributed by atoms with van der Waals surface area (Å²) in [4.78, 5) is 17.1. The number of carbonyl (C=O) groups excluding carboxylic acids is 1. The van der Waals surface area contributed by atoms with Crippen molar-refractivity contribution in [2.75, 3.05) is 25.4 Å². The molecule has 2 aliphatic rings. The van der Waals surface area contributed by atoms with Gasteiger partial charge in [0.05, 0.1) is 17.0 Å². The maximum absolute atomic E-state index is 13.1. The number of amides is 1. The second kappa shape index (κ2) is 7.68. The van der Waals surface area contributed by atoms with Crippen LogP contribution in [0.1, 0.15) is 27.9 Å². The number of aryl methyl sites for hydroxylation is 1. The van der Waals surface area contributed by atoms with E-state index in [9.17, 15) is 13.2 Å². The second-order valence-corrected chi connectivity index (χ2v) is 10.2. The Morgan fingerprint density at radius 2 is 1.86 bits per heavy atom. The Morgan fingerprint density at radius 3 is 2.61 bits per heavy atom. The van der Waals surface area contributed by atoms with Crippen LogP contribution in [0, 0.1) is 6.92 Å². The number of fused-ring (bicyclic) bond motifs is 1. The zero-order valence-electron chi connectivity index (χ0n) is 16.1. The van der Waals surface area contributed by atoms with Crippen molar-refractivity contribution in [3.05, 3.63) is 71.3 Å². The molecule has 0 N–H and O–H groups in total. The summed E-state index contributed by atoms with van der Waals surface area (Å²) in [6, 6.07) is 17.4. The minimum Gasteiger partial charge on any atom is -0.333 e. The molecule has 0 aromatic heterocycles. The standard InChI is InChI=1S/C22H26N2O3S/c1-17-6-5-9-19(14-17)22(25)24-12-13-28(26,27)21-16-23(11-10-20(21)24)15-18-7-3-2-4-8-18/h2-9,14,20-21H,10-13,15-16H2,1H3. The first-order valence-corrected chi connectivity index (χ1v) is 11.5. The third kappa shape index (κ3) is 3.84. The number of carbonyl (C=O) groups is 1. The van der Waals surface area contributed by atoms with Gasteiger partial charge in [0.15, 0.2) is 9.84 Å². The van der Waals surface area contributed by atoms with Crippen LogP contribution >= 0.6 is 0 Å². The van der Waals surface area contributed by atoms with Crippen molar-refractivity contribution >= 4 is 15.7 Å². The fourth-order valence-corrected chi connectivity index (χ4v) is 6.36. The monoisotopic (exact) mass is 398 g/mol. The Bertz CT molecular complexity index is 959. The molecule has 2 aromatic carbocycles. The fourth-order valence-electron chi connectivity index (χ4n) is 4.40. The van der Waals surface area contributed by atoms with Crippen LogP contribution in [0.4, 0.5) is 0 Å². The molecule has 2 atom stereocenters. The average molecular weight is 399 g/mol. The van der Waals surface area contributed by atoms with Gasteiger partial charge in [-0.2, -0.15) is 0 Å². The van der Waals surface area contributed by atoms with Crippen molar-refractivity contribution in [2.45, 2.75) is 31.2 Å². The number of rotatable bonds is 3. The van der Waals surface area contributed by atoms with Gasteiger partial charge in [0.25, 0.3) is 5.91 Å². The van der Waals surface area contributed by atoms with Crippen molar-refractivity contribution in [2.24, 2.45) is 0 Å². The fraction of sp³-hybridized carbons (Fsp3) is 0.409. The van der Waals surface area contributed by atoms with Gasteiger partial charge in [0.1, 0.15) is 0 Å². The van der Waals surface area contributed by atoms with Crippen LogP contribution in [0.25, 0.3) is 0 Å². The normalized spacial score (nSPS) is 24.5. The number of nitrogens with zero attached hydrogens (tertiary/aromatic N) is 2. The van der Waals surface area contributed by atoms with E-state index in [4.69, 9.17) is 0 Å². The highest BCUT2D eigenvalue weighted by Crippen LogP contribution is 2.29. The van der Waals surface area contributed by atoms with E-state index in [0.717, 1.165) is 18.7 Å². The number of hydrogen-bond donors (Lipinski definition) is 0. The van der Waals surface area contributed by atoms with E-state index < -0.39 is 15.1 Å². The molecule has 1 amide bonds. The number of hydrogen-bond acceptors (Lipinski definition) is 4. The molecule has 148 valence electrons. The molecule has 2 aromatic rings. The van der Waals surface area contributed by atoms with Crippen LogP contribution in [0.3, 0.4) is 0 Å². The van der Waals surface area contributed by atoms with Gasteiger partial charge in [-0.15, -0.1) is 0 Å². The van der Waals surface area contributed by atoms with Crippen molar-refractivity contribution in [3.63, 3.8) is 0 Å². The van der Waals surface area contributed by atoms with E-state index in [1.165, 1.54) is 5.56 Å². The van der Waals surface area contributed by atoms with E-state index in [0.29, 0.717) is 18.5 Å². The van der Waals surface area contributed by atoms with Gasteiger partial charge in [0.2, 0.25) is 0 Å². The zero-order valence-corrected chi connectivity index (χ0v) is 16.9. The quantitative estimate of drug-likeness (QED) is 0.797. The summed E-state index contributed by atoms with van der Waals surface area (Å²) < 4.78 is 25.6. The molecule has 2 saturated heterocycles. The predicted octanol–water partition coefficient (Wildman–Crippen LogP) is 2.51. The maximum Gasteiger partial charge on any atom is 0.254 e. The van der Waals surface area contributed by atoms with Gasteiger partial charge in [-0.1, -0.05) is 48.0 Å². The summed E-state index contributed by atoms with van der Waals surface area (Å²) in [6.07, 6.45) is 0.689. The van der Waals surface area contributed by atoms with Crippen molar-refractivity contribution in [3.8, 4) is 0 Å². The molecule has 2 heterocycles. The lowest BCUT2D eigenvalue weighted by molar-refractivity contribution is 0.0568. The molecule has 0 radical (unpaired) electrons. The van der Waals surface area contributed by atoms with Crippen LogP contribution in [0.5, 0.6) is 0 Å². The summed E-state index contributed by atoms with van der Waals surface area (Å²) in [5.41, 5.74) is 2.86. The molecule has 2 unspecified atom stereocenters. The molecule has 0 aliphatic carbocycles. The zero-order chi connectivity index (χ0) is 19.7. The Hall–Kier alpha value is -2.18. The number of piperidine rings is 1. The van der Waals surface area contributed by atoms with Crippen LogP contribution in [-0.2, 0) is 16.4 Å². The van der Waals surface area contributed by atoms with Crippen LogP contribution in [-0.4, -0.2) is 60.8 Å². The summed E-state index contributed by atoms with van der Waals surface area (Å²) in [5.74, 6) is -0.00430. The van der Waals surface area contributed by atoms with Gasteiger partial charge >= 0.3 is 0 Å². The highest BCUT2D eigenvalue weighted by atomic mass is 32.2. The average Bonchev–Trinajstić information content (AvgIpc) is 2.69. The van der Waals surface area contributed by atoms with Gasteiger partial charge < -0.3 is 4.90 Å². The first-order valence-electron chi connectivity index (χ1n) is 9.79. The van der Waals surface area contributed by atoms with E-state index in [2.05, 4.69) is 17.0 Å². The summed E-state index contributed by atoms with van der Waals surface area (Å²) >= 11 is 0. The molecule has 0 bridgehead atoms. The first kappa shape index (κ1) is 19.2. The van der Waals surface area contributed by atoms with Crippen molar-refractivity contribution in [1.82, 2.24) is 9.80 Å². The van der Waals surface area contributed by atoms with E-state index >= 15 is 0 Å². The molecule has 28 heavy (non-hydrogen) atoms. The molecular formula is C22H26N2O3S. The third-order valence-electron chi connectivity index (χ3n) is 5.86. The lowest BCUT2D eigenvalue weighted by Gasteiger charge is -2.46. The van der Waals surface area contributed by atoms with Crippen molar-refractivity contribution in [1.29, 1.82) is 0 Å². The Kier molecular flexibility index (Phi) is 5.25. The minimum absolute atomic E-state index is 0.0465. The molecule has 0 saturated carbocycles. The maximum atomic E-state index is 13.1. The Morgan fingerprint density at radius 1 is 1.07 bits per heavy atom. The summed E-state index contributed by atoms with van der Waals surface area (Å²) in [6.45, 7) is 4.27. The molecule has 2 fully saturated rings. The van der Waals surface area contributed by atoms with Gasteiger partial charge in [-0.05, 0) is 31.0 Å². The molecule has 0 spiro atoms. The highest BCUT2D eigenvalue weighted by molar-refractivity contribution is 7.92. The lowest BCUT2D eigenvalue weighted by atomic mass is 10.00. The van der Waals surface area contributed by atoms with E-state index in [1.807, 2.05) is 49.4 Å². The predicted molar refractivity (Wildman–Crippen MR) is 110 cm³/mol. The molecule has 2 aliphatic heterocycles.